The van der Waals surface area contributed by atoms with E-state index in [0.29, 0.717) is 12.6 Å². The molecule has 112 valence electrons. The van der Waals surface area contributed by atoms with E-state index in [4.69, 9.17) is 0 Å². The van der Waals surface area contributed by atoms with Crippen molar-refractivity contribution >= 4 is 11.3 Å². The summed E-state index contributed by atoms with van der Waals surface area (Å²) in [5.41, 5.74) is 2.15. The fraction of sp³-hybridized carbons (Fsp3) is 0.412. The normalized spacial score (nSPS) is 19.8. The smallest absolute Gasteiger partial charge is 0.127 e. The van der Waals surface area contributed by atoms with Crippen molar-refractivity contribution in [2.75, 3.05) is 13.1 Å². The Morgan fingerprint density at radius 3 is 3.00 bits per heavy atom. The topological polar surface area (TPSA) is 15.3 Å². The number of piperidine rings is 1. The lowest BCUT2D eigenvalue weighted by Gasteiger charge is -2.33. The maximum atomic E-state index is 13.7. The van der Waals surface area contributed by atoms with Crippen molar-refractivity contribution in [2.24, 2.45) is 0 Å². The Hall–Kier alpha value is -1.23. The van der Waals surface area contributed by atoms with Crippen LogP contribution in [0.5, 0.6) is 0 Å². The van der Waals surface area contributed by atoms with E-state index in [9.17, 15) is 4.39 Å². The summed E-state index contributed by atoms with van der Waals surface area (Å²) in [5, 5.41) is 7.93. The van der Waals surface area contributed by atoms with Crippen molar-refractivity contribution in [1.29, 1.82) is 0 Å². The second-order valence-electron chi connectivity index (χ2n) is 5.68. The first-order valence-corrected chi connectivity index (χ1v) is 8.46. The van der Waals surface area contributed by atoms with Crippen LogP contribution in [0.15, 0.2) is 41.1 Å². The SMILES string of the molecule is Fc1ccccc1CN1CCCC(NCc2ccsc2)C1. The van der Waals surface area contributed by atoms with Crippen molar-refractivity contribution in [3.63, 3.8) is 0 Å². The summed E-state index contributed by atoms with van der Waals surface area (Å²) in [6.45, 7) is 3.70. The summed E-state index contributed by atoms with van der Waals surface area (Å²) in [4.78, 5) is 2.35. The maximum absolute atomic E-state index is 13.7. The summed E-state index contributed by atoms with van der Waals surface area (Å²) >= 11 is 1.74. The molecule has 2 aromatic rings. The fourth-order valence-electron chi connectivity index (χ4n) is 2.89. The highest BCUT2D eigenvalue weighted by atomic mass is 32.1. The van der Waals surface area contributed by atoms with Gasteiger partial charge in [-0.05, 0) is 47.8 Å². The molecule has 1 atom stereocenters. The first-order valence-electron chi connectivity index (χ1n) is 7.51. The molecule has 1 aromatic carbocycles. The quantitative estimate of drug-likeness (QED) is 0.907. The minimum Gasteiger partial charge on any atom is -0.309 e. The standard InChI is InChI=1S/C17H21FN2S/c18-17-6-2-1-4-15(17)11-20-8-3-5-16(12-20)19-10-14-7-9-21-13-14/h1-2,4,6-7,9,13,16,19H,3,5,8,10-12H2. The van der Waals surface area contributed by atoms with E-state index in [1.54, 1.807) is 23.5 Å². The van der Waals surface area contributed by atoms with Gasteiger partial charge in [-0.25, -0.2) is 4.39 Å². The van der Waals surface area contributed by atoms with Gasteiger partial charge in [-0.15, -0.1) is 0 Å². The lowest BCUT2D eigenvalue weighted by Crippen LogP contribution is -2.45. The Labute approximate surface area is 129 Å². The van der Waals surface area contributed by atoms with E-state index in [1.165, 1.54) is 18.4 Å². The summed E-state index contributed by atoms with van der Waals surface area (Å²) in [6.07, 6.45) is 2.38. The zero-order chi connectivity index (χ0) is 14.5. The molecule has 0 bridgehead atoms. The third-order valence-electron chi connectivity index (χ3n) is 4.03. The number of nitrogens with zero attached hydrogens (tertiary/aromatic N) is 1. The Bertz CT molecular complexity index is 556. The van der Waals surface area contributed by atoms with Gasteiger partial charge >= 0.3 is 0 Å². The van der Waals surface area contributed by atoms with Gasteiger partial charge in [0.05, 0.1) is 0 Å². The second kappa shape index (κ2) is 7.16. The fourth-order valence-corrected chi connectivity index (χ4v) is 3.56. The van der Waals surface area contributed by atoms with Crippen LogP contribution in [0.4, 0.5) is 4.39 Å². The number of thiophene rings is 1. The highest BCUT2D eigenvalue weighted by Crippen LogP contribution is 2.16. The van der Waals surface area contributed by atoms with Crippen molar-refractivity contribution in [2.45, 2.75) is 32.0 Å². The predicted octanol–water partition coefficient (Wildman–Crippen LogP) is 3.64. The van der Waals surface area contributed by atoms with Crippen molar-refractivity contribution in [3.8, 4) is 0 Å². The van der Waals surface area contributed by atoms with Crippen LogP contribution < -0.4 is 5.32 Å². The van der Waals surface area contributed by atoms with E-state index in [1.807, 2.05) is 12.1 Å². The van der Waals surface area contributed by atoms with Crippen LogP contribution >= 0.6 is 11.3 Å². The average Bonchev–Trinajstić information content (AvgIpc) is 3.01. The van der Waals surface area contributed by atoms with Gasteiger partial charge in [0.2, 0.25) is 0 Å². The van der Waals surface area contributed by atoms with Crippen LogP contribution in [0.3, 0.4) is 0 Å². The lowest BCUT2D eigenvalue weighted by molar-refractivity contribution is 0.181. The van der Waals surface area contributed by atoms with Gasteiger partial charge in [0.15, 0.2) is 0 Å². The molecular weight excluding hydrogens is 283 g/mol. The molecule has 1 aliphatic heterocycles. The van der Waals surface area contributed by atoms with E-state index in [-0.39, 0.29) is 5.82 Å². The minimum absolute atomic E-state index is 0.0918. The number of rotatable bonds is 5. The van der Waals surface area contributed by atoms with Crippen molar-refractivity contribution < 1.29 is 4.39 Å². The second-order valence-corrected chi connectivity index (χ2v) is 6.46. The van der Waals surface area contributed by atoms with Gasteiger partial charge in [-0.3, -0.25) is 4.90 Å². The molecule has 1 saturated heterocycles. The van der Waals surface area contributed by atoms with Crippen LogP contribution in [0.1, 0.15) is 24.0 Å². The Morgan fingerprint density at radius 1 is 1.29 bits per heavy atom. The molecule has 0 amide bonds. The average molecular weight is 304 g/mol. The summed E-state index contributed by atoms with van der Waals surface area (Å²) in [5.74, 6) is -0.0918. The van der Waals surface area contributed by atoms with E-state index < -0.39 is 0 Å². The molecule has 1 aromatic heterocycles. The number of benzene rings is 1. The third kappa shape index (κ3) is 4.13. The van der Waals surface area contributed by atoms with Gasteiger partial charge in [-0.2, -0.15) is 11.3 Å². The molecule has 4 heteroatoms. The molecule has 1 unspecified atom stereocenters. The number of hydrogen-bond donors (Lipinski definition) is 1. The van der Waals surface area contributed by atoms with E-state index in [2.05, 4.69) is 27.0 Å². The highest BCUT2D eigenvalue weighted by molar-refractivity contribution is 7.07. The summed E-state index contributed by atoms with van der Waals surface area (Å²) in [6, 6.07) is 9.76. The molecule has 0 radical (unpaired) electrons. The Morgan fingerprint density at radius 2 is 2.19 bits per heavy atom. The van der Waals surface area contributed by atoms with Gasteiger partial charge in [0.25, 0.3) is 0 Å². The molecule has 0 aliphatic carbocycles. The summed E-state index contributed by atoms with van der Waals surface area (Å²) in [7, 11) is 0. The summed E-state index contributed by atoms with van der Waals surface area (Å²) < 4.78 is 13.7. The molecule has 2 nitrogen and oxygen atoms in total. The van der Waals surface area contributed by atoms with Crippen molar-refractivity contribution in [3.05, 3.63) is 58.0 Å². The zero-order valence-corrected chi connectivity index (χ0v) is 12.9. The monoisotopic (exact) mass is 304 g/mol. The highest BCUT2D eigenvalue weighted by Gasteiger charge is 2.20. The lowest BCUT2D eigenvalue weighted by atomic mass is 10.0. The molecule has 1 N–H and O–H groups in total. The van der Waals surface area contributed by atoms with Crippen LogP contribution in [0, 0.1) is 5.82 Å². The van der Waals surface area contributed by atoms with Crippen LogP contribution in [0.2, 0.25) is 0 Å². The molecule has 0 spiro atoms. The zero-order valence-electron chi connectivity index (χ0n) is 12.1. The molecule has 2 heterocycles. The molecule has 3 rings (SSSR count). The van der Waals surface area contributed by atoms with E-state index >= 15 is 0 Å². The maximum Gasteiger partial charge on any atom is 0.127 e. The third-order valence-corrected chi connectivity index (χ3v) is 4.76. The molecule has 21 heavy (non-hydrogen) atoms. The molecule has 1 fully saturated rings. The largest absolute Gasteiger partial charge is 0.309 e. The first kappa shape index (κ1) is 14.7. The Balaban J connectivity index is 1.52. The van der Waals surface area contributed by atoms with Crippen molar-refractivity contribution in [1.82, 2.24) is 10.2 Å². The molecular formula is C17H21FN2S. The number of likely N-dealkylation sites (tertiary alicyclic amines) is 1. The van der Waals surface area contributed by atoms with Gasteiger partial charge in [0, 0.05) is 31.2 Å². The number of hydrogen-bond acceptors (Lipinski definition) is 3. The van der Waals surface area contributed by atoms with Gasteiger partial charge < -0.3 is 5.32 Å². The number of nitrogens with one attached hydrogen (secondary N) is 1. The number of halogens is 1. The van der Waals surface area contributed by atoms with Crippen LogP contribution in [-0.2, 0) is 13.1 Å². The first-order chi connectivity index (χ1) is 10.3. The molecule has 0 saturated carbocycles. The Kier molecular flexibility index (Phi) is 5.01. The van der Waals surface area contributed by atoms with Gasteiger partial charge in [-0.1, -0.05) is 18.2 Å². The van der Waals surface area contributed by atoms with Crippen LogP contribution in [0.25, 0.3) is 0 Å². The molecule has 1 aliphatic rings. The van der Waals surface area contributed by atoms with Crippen LogP contribution in [-0.4, -0.2) is 24.0 Å². The predicted molar refractivity (Wildman–Crippen MR) is 85.9 cm³/mol. The minimum atomic E-state index is -0.0918. The van der Waals surface area contributed by atoms with E-state index in [0.717, 1.165) is 25.2 Å². The van der Waals surface area contributed by atoms with Gasteiger partial charge in [0.1, 0.15) is 5.82 Å².